The van der Waals surface area contributed by atoms with Gasteiger partial charge < -0.3 is 24.6 Å². The van der Waals surface area contributed by atoms with Gasteiger partial charge in [0, 0.05) is 13.0 Å². The van der Waals surface area contributed by atoms with Crippen LogP contribution >= 0.6 is 7.82 Å². The second-order valence-corrected chi connectivity index (χ2v) is 15.8. The highest BCUT2D eigenvalue weighted by Crippen LogP contribution is 2.43. The Morgan fingerprint density at radius 3 is 1.61 bits per heavy atom. The lowest BCUT2D eigenvalue weighted by Gasteiger charge is -2.20. The number of phosphoric acid groups is 1. The largest absolute Gasteiger partial charge is 0.472 e. The second-order valence-electron chi connectivity index (χ2n) is 14.3. The van der Waals surface area contributed by atoms with Crippen molar-refractivity contribution in [3.63, 3.8) is 0 Å². The maximum Gasteiger partial charge on any atom is 0.472 e. The van der Waals surface area contributed by atoms with Crippen molar-refractivity contribution in [1.29, 1.82) is 0 Å². The number of unbranched alkanes of at least 4 members (excludes halogenated alkanes) is 19. The van der Waals surface area contributed by atoms with Crippen molar-refractivity contribution in [2.75, 3.05) is 33.0 Å². The molecular weight excluding hydrogens is 703 g/mol. The molecule has 316 valence electrons. The van der Waals surface area contributed by atoms with Crippen LogP contribution in [0.1, 0.15) is 181 Å². The SMILES string of the molecule is CC/C=C\C/C=C\C/C=C\CCCCCC(=O)OC(COCCCCCCCCCCCC/C=C\CCCCCCCC)COP(=O)(O)OCC(O)CO. The first-order valence-corrected chi connectivity index (χ1v) is 23.1. The Morgan fingerprint density at radius 1 is 0.593 bits per heavy atom. The van der Waals surface area contributed by atoms with Gasteiger partial charge in [0.25, 0.3) is 0 Å². The molecule has 0 aliphatic rings. The summed E-state index contributed by atoms with van der Waals surface area (Å²) in [4.78, 5) is 22.5. The van der Waals surface area contributed by atoms with E-state index in [1.807, 2.05) is 0 Å². The van der Waals surface area contributed by atoms with Crippen LogP contribution in [-0.4, -0.2) is 66.3 Å². The maximum absolute atomic E-state index is 12.6. The molecule has 10 heteroatoms. The van der Waals surface area contributed by atoms with Gasteiger partial charge >= 0.3 is 13.8 Å². The highest BCUT2D eigenvalue weighted by Gasteiger charge is 2.26. The highest BCUT2D eigenvalue weighted by atomic mass is 31.2. The Bertz CT molecular complexity index is 981. The van der Waals surface area contributed by atoms with Crippen LogP contribution in [0.3, 0.4) is 0 Å². The lowest BCUT2D eigenvalue weighted by Crippen LogP contribution is -2.29. The molecule has 0 saturated carbocycles. The van der Waals surface area contributed by atoms with E-state index >= 15 is 0 Å². The minimum atomic E-state index is -4.52. The van der Waals surface area contributed by atoms with E-state index < -0.39 is 45.8 Å². The fourth-order valence-electron chi connectivity index (χ4n) is 5.72. The van der Waals surface area contributed by atoms with Gasteiger partial charge in [-0.2, -0.15) is 0 Å². The molecule has 0 fully saturated rings. The molecule has 3 atom stereocenters. The van der Waals surface area contributed by atoms with Crippen molar-refractivity contribution < 1.29 is 43.0 Å². The summed E-state index contributed by atoms with van der Waals surface area (Å²) in [6.45, 7) is 3.36. The van der Waals surface area contributed by atoms with Gasteiger partial charge in [0.15, 0.2) is 0 Å². The van der Waals surface area contributed by atoms with Gasteiger partial charge in [-0.05, 0) is 70.6 Å². The first kappa shape index (κ1) is 52.4. The quantitative estimate of drug-likeness (QED) is 0.0240. The minimum absolute atomic E-state index is 0.0358. The fraction of sp³-hybridized carbons (Fsp3) is 0.795. The molecule has 0 aromatic carbocycles. The van der Waals surface area contributed by atoms with Gasteiger partial charge in [0.05, 0.1) is 26.4 Å². The highest BCUT2D eigenvalue weighted by molar-refractivity contribution is 7.47. The van der Waals surface area contributed by atoms with Crippen LogP contribution in [0.25, 0.3) is 0 Å². The summed E-state index contributed by atoms with van der Waals surface area (Å²) in [5, 5.41) is 18.3. The number of carbonyl (C=O) groups excluding carboxylic acids is 1. The van der Waals surface area contributed by atoms with Crippen molar-refractivity contribution in [2.45, 2.75) is 193 Å². The topological polar surface area (TPSA) is 132 Å². The number of ether oxygens (including phenoxy) is 2. The van der Waals surface area contributed by atoms with Crippen molar-refractivity contribution in [2.24, 2.45) is 0 Å². The lowest BCUT2D eigenvalue weighted by atomic mass is 10.1. The summed E-state index contributed by atoms with van der Waals surface area (Å²) in [7, 11) is -4.52. The minimum Gasteiger partial charge on any atom is -0.457 e. The molecular formula is C44H81O9P. The van der Waals surface area contributed by atoms with Crippen molar-refractivity contribution in [3.8, 4) is 0 Å². The summed E-state index contributed by atoms with van der Waals surface area (Å²) in [6, 6.07) is 0. The number of carbonyl (C=O) groups is 1. The molecule has 0 aromatic rings. The number of esters is 1. The first-order valence-electron chi connectivity index (χ1n) is 21.6. The molecule has 0 radical (unpaired) electrons. The molecule has 0 spiro atoms. The Labute approximate surface area is 330 Å². The summed E-state index contributed by atoms with van der Waals surface area (Å²) in [5.74, 6) is -0.412. The van der Waals surface area contributed by atoms with Crippen LogP contribution in [0, 0.1) is 0 Å². The third kappa shape index (κ3) is 40.1. The maximum atomic E-state index is 12.6. The van der Waals surface area contributed by atoms with E-state index in [1.54, 1.807) is 0 Å². The normalized spacial score (nSPS) is 14.5. The lowest BCUT2D eigenvalue weighted by molar-refractivity contribution is -0.154. The van der Waals surface area contributed by atoms with Crippen LogP contribution in [0.2, 0.25) is 0 Å². The Kier molecular flexibility index (Phi) is 39.9. The van der Waals surface area contributed by atoms with E-state index in [0.29, 0.717) is 13.0 Å². The van der Waals surface area contributed by atoms with Gasteiger partial charge in [-0.15, -0.1) is 0 Å². The number of hydrogen-bond donors (Lipinski definition) is 3. The van der Waals surface area contributed by atoms with E-state index in [-0.39, 0.29) is 13.0 Å². The average Bonchev–Trinajstić information content (AvgIpc) is 3.16. The number of phosphoric ester groups is 1. The van der Waals surface area contributed by atoms with E-state index in [1.165, 1.54) is 96.3 Å². The van der Waals surface area contributed by atoms with Gasteiger partial charge in [0.1, 0.15) is 12.2 Å². The second kappa shape index (κ2) is 41.1. The molecule has 0 heterocycles. The standard InChI is InChI=1S/C44H81O9P/c1-3-5-7-9-11-13-15-17-18-19-20-21-22-23-25-27-29-31-33-35-37-50-40-43(41-52-54(48,49)51-39-42(46)38-45)53-44(47)36-34-32-30-28-26-24-16-14-12-10-8-6-4-2/h6,8,12,14,17-18,24,26,42-43,45-46H,3-5,7,9-11,13,15-16,19-23,25,27-41H2,1-2H3,(H,48,49)/b8-6-,14-12-,18-17-,26-24-. The smallest absolute Gasteiger partial charge is 0.457 e. The number of allylic oxidation sites excluding steroid dienone is 8. The molecule has 0 aliphatic carbocycles. The van der Waals surface area contributed by atoms with Crippen LogP contribution in [0.4, 0.5) is 0 Å². The Hall–Kier alpha value is -1.58. The predicted molar refractivity (Wildman–Crippen MR) is 223 cm³/mol. The van der Waals surface area contributed by atoms with Crippen molar-refractivity contribution in [3.05, 3.63) is 48.6 Å². The summed E-state index contributed by atoms with van der Waals surface area (Å²) >= 11 is 0. The Balaban J connectivity index is 4.16. The van der Waals surface area contributed by atoms with E-state index in [4.69, 9.17) is 23.6 Å². The molecule has 9 nitrogen and oxygen atoms in total. The van der Waals surface area contributed by atoms with E-state index in [0.717, 1.165) is 57.8 Å². The molecule has 3 unspecified atom stereocenters. The molecule has 0 amide bonds. The van der Waals surface area contributed by atoms with E-state index in [2.05, 4.69) is 62.5 Å². The zero-order valence-corrected chi connectivity index (χ0v) is 35.3. The predicted octanol–water partition coefficient (Wildman–Crippen LogP) is 11.8. The van der Waals surface area contributed by atoms with Gasteiger partial charge in [-0.25, -0.2) is 4.57 Å². The summed E-state index contributed by atoms with van der Waals surface area (Å²) in [6.07, 6.45) is 45.1. The molecule has 0 rings (SSSR count). The first-order chi connectivity index (χ1) is 26.3. The van der Waals surface area contributed by atoms with Crippen LogP contribution in [0.15, 0.2) is 48.6 Å². The fourth-order valence-corrected chi connectivity index (χ4v) is 6.51. The van der Waals surface area contributed by atoms with Gasteiger partial charge in [-0.1, -0.05) is 152 Å². The third-order valence-electron chi connectivity index (χ3n) is 9.00. The summed E-state index contributed by atoms with van der Waals surface area (Å²) in [5.41, 5.74) is 0. The number of rotatable bonds is 41. The van der Waals surface area contributed by atoms with Gasteiger partial charge in [0.2, 0.25) is 0 Å². The molecule has 54 heavy (non-hydrogen) atoms. The van der Waals surface area contributed by atoms with Crippen molar-refractivity contribution in [1.82, 2.24) is 0 Å². The zero-order chi connectivity index (χ0) is 39.6. The zero-order valence-electron chi connectivity index (χ0n) is 34.4. The Morgan fingerprint density at radius 2 is 1.06 bits per heavy atom. The van der Waals surface area contributed by atoms with Crippen LogP contribution in [-0.2, 0) is 27.9 Å². The molecule has 0 aliphatic heterocycles. The molecule has 0 bridgehead atoms. The molecule has 0 saturated heterocycles. The third-order valence-corrected chi connectivity index (χ3v) is 9.95. The number of aliphatic hydroxyl groups is 2. The summed E-state index contributed by atoms with van der Waals surface area (Å²) < 4.78 is 33.3. The van der Waals surface area contributed by atoms with Gasteiger partial charge in [-0.3, -0.25) is 13.8 Å². The molecule has 3 N–H and O–H groups in total. The van der Waals surface area contributed by atoms with Crippen molar-refractivity contribution >= 4 is 13.8 Å². The van der Waals surface area contributed by atoms with Crippen LogP contribution in [0.5, 0.6) is 0 Å². The van der Waals surface area contributed by atoms with Crippen LogP contribution < -0.4 is 0 Å². The van der Waals surface area contributed by atoms with E-state index in [9.17, 15) is 19.4 Å². The monoisotopic (exact) mass is 785 g/mol. The number of hydrogen-bond acceptors (Lipinski definition) is 8. The average molecular weight is 785 g/mol. The molecule has 0 aromatic heterocycles. The number of aliphatic hydroxyl groups excluding tert-OH is 2.